The van der Waals surface area contributed by atoms with Gasteiger partial charge in [0.25, 0.3) is 0 Å². The first kappa shape index (κ1) is 16.5. The van der Waals surface area contributed by atoms with Crippen molar-refractivity contribution in [2.45, 2.75) is 46.2 Å². The summed E-state index contributed by atoms with van der Waals surface area (Å²) in [5.74, 6) is -1.000. The average Bonchev–Trinajstić information content (AvgIpc) is 2.81. The Morgan fingerprint density at radius 1 is 1.40 bits per heavy atom. The number of hydrogen-bond acceptors (Lipinski definition) is 3. The Labute approximate surface area is 123 Å². The van der Waals surface area contributed by atoms with Gasteiger partial charge in [0, 0.05) is 15.8 Å². The van der Waals surface area contributed by atoms with Crippen LogP contribution in [-0.2, 0) is 4.79 Å². The second kappa shape index (κ2) is 7.28. The number of aryl methyl sites for hydroxylation is 1. The lowest BCUT2D eigenvalue weighted by atomic mass is 10.2. The van der Waals surface area contributed by atoms with Crippen LogP contribution in [0.3, 0.4) is 0 Å². The molecule has 0 radical (unpaired) electrons. The molecule has 0 aromatic carbocycles. The first-order chi connectivity index (χ1) is 9.35. The van der Waals surface area contributed by atoms with Crippen molar-refractivity contribution in [3.05, 3.63) is 21.9 Å². The molecule has 0 bridgehead atoms. The van der Waals surface area contributed by atoms with Crippen LogP contribution in [0.5, 0.6) is 0 Å². The number of aliphatic carboxylic acids is 1. The van der Waals surface area contributed by atoms with E-state index in [9.17, 15) is 9.59 Å². The van der Waals surface area contributed by atoms with E-state index in [1.165, 1.54) is 9.78 Å². The number of thiophene rings is 1. The predicted octanol–water partition coefficient (Wildman–Crippen LogP) is 3.01. The first-order valence-corrected chi connectivity index (χ1v) is 7.52. The summed E-state index contributed by atoms with van der Waals surface area (Å²) in [5.41, 5.74) is 0. The lowest BCUT2D eigenvalue weighted by Crippen LogP contribution is -2.47. The van der Waals surface area contributed by atoms with Crippen LogP contribution in [0, 0.1) is 6.92 Å². The van der Waals surface area contributed by atoms with E-state index in [-0.39, 0.29) is 24.7 Å². The minimum absolute atomic E-state index is 0.108. The van der Waals surface area contributed by atoms with Gasteiger partial charge >= 0.3 is 12.0 Å². The number of amides is 2. The maximum Gasteiger partial charge on any atom is 0.323 e. The molecule has 1 aromatic rings. The van der Waals surface area contributed by atoms with Crippen LogP contribution in [0.1, 0.15) is 43.0 Å². The molecular weight excluding hydrogens is 276 g/mol. The Hall–Kier alpha value is -1.56. The summed E-state index contributed by atoms with van der Waals surface area (Å²) in [4.78, 5) is 26.7. The number of nitrogens with one attached hydrogen (secondary N) is 1. The van der Waals surface area contributed by atoms with Crippen molar-refractivity contribution in [2.75, 3.05) is 6.54 Å². The van der Waals surface area contributed by atoms with Gasteiger partial charge in [0.05, 0.1) is 6.04 Å². The lowest BCUT2D eigenvalue weighted by Gasteiger charge is -2.28. The number of nitrogens with zero attached hydrogens (tertiary/aromatic N) is 1. The fourth-order valence-corrected chi connectivity index (χ4v) is 2.70. The van der Waals surface area contributed by atoms with Gasteiger partial charge in [-0.15, -0.1) is 11.3 Å². The highest BCUT2D eigenvalue weighted by Gasteiger charge is 2.23. The molecule has 1 heterocycles. The van der Waals surface area contributed by atoms with E-state index in [1.54, 1.807) is 11.3 Å². The van der Waals surface area contributed by atoms with Crippen LogP contribution in [-0.4, -0.2) is 34.6 Å². The van der Waals surface area contributed by atoms with E-state index in [0.29, 0.717) is 6.42 Å². The lowest BCUT2D eigenvalue weighted by molar-refractivity contribution is -0.138. The standard InChI is InChI=1S/C14H22N2O3S/c1-5-9(2)16(8-13(17)18)14(19)15-11(4)12-7-6-10(3)20-12/h6-7,9,11H,5,8H2,1-4H3,(H,15,19)(H,17,18). The van der Waals surface area contributed by atoms with Gasteiger partial charge < -0.3 is 15.3 Å². The molecule has 2 unspecified atom stereocenters. The summed E-state index contributed by atoms with van der Waals surface area (Å²) in [7, 11) is 0. The highest BCUT2D eigenvalue weighted by atomic mass is 32.1. The fraction of sp³-hybridized carbons (Fsp3) is 0.571. The van der Waals surface area contributed by atoms with Crippen LogP contribution in [0.2, 0.25) is 0 Å². The van der Waals surface area contributed by atoms with E-state index < -0.39 is 5.97 Å². The molecule has 6 heteroatoms. The van der Waals surface area contributed by atoms with Crippen LogP contribution >= 0.6 is 11.3 Å². The van der Waals surface area contributed by atoms with Crippen LogP contribution < -0.4 is 5.32 Å². The Morgan fingerprint density at radius 2 is 2.05 bits per heavy atom. The Bertz CT molecular complexity index is 473. The van der Waals surface area contributed by atoms with Crippen molar-refractivity contribution in [1.82, 2.24) is 10.2 Å². The molecule has 0 spiro atoms. The molecule has 1 aromatic heterocycles. The molecule has 5 nitrogen and oxygen atoms in total. The molecule has 2 N–H and O–H groups in total. The summed E-state index contributed by atoms with van der Waals surface area (Å²) in [6.07, 6.45) is 0.715. The first-order valence-electron chi connectivity index (χ1n) is 6.70. The quantitative estimate of drug-likeness (QED) is 0.848. The van der Waals surface area contributed by atoms with E-state index in [1.807, 2.05) is 39.8 Å². The van der Waals surface area contributed by atoms with Crippen LogP contribution in [0.4, 0.5) is 4.79 Å². The van der Waals surface area contributed by atoms with E-state index in [0.717, 1.165) is 4.88 Å². The normalized spacial score (nSPS) is 13.6. The molecule has 20 heavy (non-hydrogen) atoms. The summed E-state index contributed by atoms with van der Waals surface area (Å²) >= 11 is 1.63. The molecule has 112 valence electrons. The van der Waals surface area contributed by atoms with Crippen LogP contribution in [0.25, 0.3) is 0 Å². The molecular formula is C14H22N2O3S. The summed E-state index contributed by atoms with van der Waals surface area (Å²) < 4.78 is 0. The van der Waals surface area contributed by atoms with Crippen molar-refractivity contribution < 1.29 is 14.7 Å². The van der Waals surface area contributed by atoms with Crippen molar-refractivity contribution in [1.29, 1.82) is 0 Å². The van der Waals surface area contributed by atoms with Crippen molar-refractivity contribution in [3.63, 3.8) is 0 Å². The largest absolute Gasteiger partial charge is 0.480 e. The number of rotatable bonds is 6. The third kappa shape index (κ3) is 4.52. The van der Waals surface area contributed by atoms with Gasteiger partial charge in [0.1, 0.15) is 6.54 Å². The Balaban J connectivity index is 2.72. The topological polar surface area (TPSA) is 69.6 Å². The molecule has 0 fully saturated rings. The van der Waals surface area contributed by atoms with Crippen molar-refractivity contribution in [3.8, 4) is 0 Å². The van der Waals surface area contributed by atoms with E-state index in [4.69, 9.17) is 5.11 Å². The van der Waals surface area contributed by atoms with Gasteiger partial charge in [-0.25, -0.2) is 4.79 Å². The number of carbonyl (C=O) groups excluding carboxylic acids is 1. The number of carbonyl (C=O) groups is 2. The third-order valence-electron chi connectivity index (χ3n) is 3.22. The Kier molecular flexibility index (Phi) is 6.01. The fourth-order valence-electron chi connectivity index (χ4n) is 1.82. The van der Waals surface area contributed by atoms with Crippen molar-refractivity contribution in [2.24, 2.45) is 0 Å². The zero-order valence-corrected chi connectivity index (χ0v) is 13.2. The molecule has 0 aliphatic rings. The van der Waals surface area contributed by atoms with Gasteiger partial charge in [-0.05, 0) is 39.3 Å². The minimum Gasteiger partial charge on any atom is -0.480 e. The summed E-state index contributed by atoms with van der Waals surface area (Å²) in [6, 6.07) is 3.42. The zero-order valence-electron chi connectivity index (χ0n) is 12.3. The van der Waals surface area contributed by atoms with Crippen molar-refractivity contribution >= 4 is 23.3 Å². The predicted molar refractivity (Wildman–Crippen MR) is 80.1 cm³/mol. The average molecular weight is 298 g/mol. The summed E-state index contributed by atoms with van der Waals surface area (Å²) in [5, 5.41) is 11.8. The SMILES string of the molecule is CCC(C)N(CC(=O)O)C(=O)NC(C)c1ccc(C)s1. The Morgan fingerprint density at radius 3 is 2.50 bits per heavy atom. The molecule has 0 aliphatic heterocycles. The monoisotopic (exact) mass is 298 g/mol. The molecule has 2 amide bonds. The highest BCUT2D eigenvalue weighted by Crippen LogP contribution is 2.22. The number of carboxylic acids is 1. The molecule has 2 atom stereocenters. The maximum atomic E-state index is 12.2. The number of urea groups is 1. The maximum absolute atomic E-state index is 12.2. The summed E-state index contributed by atoms with van der Waals surface area (Å²) in [6.45, 7) is 7.41. The molecule has 0 aliphatic carbocycles. The minimum atomic E-state index is -1.000. The van der Waals surface area contributed by atoms with E-state index >= 15 is 0 Å². The second-order valence-corrected chi connectivity index (χ2v) is 6.22. The molecule has 1 rings (SSSR count). The second-order valence-electron chi connectivity index (χ2n) is 4.90. The zero-order chi connectivity index (χ0) is 15.3. The van der Waals surface area contributed by atoms with Gasteiger partial charge in [0.2, 0.25) is 0 Å². The van der Waals surface area contributed by atoms with Gasteiger partial charge in [0.15, 0.2) is 0 Å². The number of carboxylic acid groups (broad SMARTS) is 1. The molecule has 0 saturated carbocycles. The smallest absolute Gasteiger partial charge is 0.323 e. The third-order valence-corrected chi connectivity index (χ3v) is 4.40. The van der Waals surface area contributed by atoms with Crippen LogP contribution in [0.15, 0.2) is 12.1 Å². The van der Waals surface area contributed by atoms with Gasteiger partial charge in [-0.2, -0.15) is 0 Å². The molecule has 0 saturated heterocycles. The van der Waals surface area contributed by atoms with E-state index in [2.05, 4.69) is 5.32 Å². The highest BCUT2D eigenvalue weighted by molar-refractivity contribution is 7.12. The van der Waals surface area contributed by atoms with Gasteiger partial charge in [-0.3, -0.25) is 4.79 Å². The van der Waals surface area contributed by atoms with Gasteiger partial charge in [-0.1, -0.05) is 6.92 Å². The number of hydrogen-bond donors (Lipinski definition) is 2.